The number of aliphatic carboxylic acids is 1. The maximum absolute atomic E-state index is 13.9. The molecule has 7 nitrogen and oxygen atoms in total. The summed E-state index contributed by atoms with van der Waals surface area (Å²) in [5, 5.41) is 9.65. The van der Waals surface area contributed by atoms with E-state index in [4.69, 9.17) is 20.6 Å². The van der Waals surface area contributed by atoms with E-state index < -0.39 is 36.0 Å². The molecule has 0 fully saturated rings. The fraction of sp³-hybridized carbons (Fsp3) is 0.231. The van der Waals surface area contributed by atoms with Crippen molar-refractivity contribution in [2.45, 2.75) is 32.5 Å². The molecule has 3 aromatic carbocycles. The van der Waals surface area contributed by atoms with Crippen LogP contribution in [0.2, 0.25) is 0 Å². The predicted molar refractivity (Wildman–Crippen MR) is 127 cm³/mol. The van der Waals surface area contributed by atoms with Crippen molar-refractivity contribution in [2.24, 2.45) is 5.73 Å². The number of carbonyl (C=O) groups is 2. The molecule has 194 valence electrons. The molecule has 0 saturated carbocycles. The maximum Gasteiger partial charge on any atom is 0.419 e. The van der Waals surface area contributed by atoms with Crippen LogP contribution in [0.15, 0.2) is 48.5 Å². The van der Waals surface area contributed by atoms with Gasteiger partial charge in [-0.1, -0.05) is 25.5 Å². The number of aryl methyl sites for hydroxylation is 1. The molecule has 0 unspecified atom stereocenters. The summed E-state index contributed by atoms with van der Waals surface area (Å²) >= 11 is 0. The highest BCUT2D eigenvalue weighted by molar-refractivity contribution is 6.19. The van der Waals surface area contributed by atoms with Crippen molar-refractivity contribution in [3.8, 4) is 5.75 Å². The minimum atomic E-state index is -4.88. The number of primary amides is 1. The van der Waals surface area contributed by atoms with Gasteiger partial charge < -0.3 is 20.3 Å². The Bertz CT molecular complexity index is 1510. The number of hydrogen-bond acceptors (Lipinski definition) is 4. The molecule has 0 bridgehead atoms. The first-order valence-corrected chi connectivity index (χ1v) is 11.3. The fourth-order valence-corrected chi connectivity index (χ4v) is 4.37. The lowest BCUT2D eigenvalue weighted by Gasteiger charge is -2.13. The molecule has 37 heavy (non-hydrogen) atoms. The van der Waals surface area contributed by atoms with Crippen LogP contribution >= 0.6 is 0 Å². The molecular formula is C26H22F4N2O5. The first kappa shape index (κ1) is 26.0. The van der Waals surface area contributed by atoms with E-state index in [1.165, 1.54) is 12.1 Å². The Kier molecular flexibility index (Phi) is 7.08. The smallest absolute Gasteiger partial charge is 0.419 e. The van der Waals surface area contributed by atoms with Gasteiger partial charge in [-0.25, -0.2) is 9.18 Å². The zero-order chi connectivity index (χ0) is 26.9. The van der Waals surface area contributed by atoms with Gasteiger partial charge in [0, 0.05) is 17.5 Å². The molecule has 0 radical (unpaired) electrons. The van der Waals surface area contributed by atoms with Gasteiger partial charge in [-0.15, -0.1) is 0 Å². The Morgan fingerprint density at radius 2 is 1.78 bits per heavy atom. The van der Waals surface area contributed by atoms with E-state index in [1.807, 2.05) is 13.0 Å². The van der Waals surface area contributed by atoms with Crippen molar-refractivity contribution >= 4 is 33.7 Å². The van der Waals surface area contributed by atoms with Gasteiger partial charge in [0.05, 0.1) is 22.0 Å². The summed E-state index contributed by atoms with van der Waals surface area (Å²) in [4.78, 5) is 33.5. The number of aromatic nitrogens is 1. The Labute approximate surface area is 207 Å². The van der Waals surface area contributed by atoms with Crippen molar-refractivity contribution in [1.82, 2.24) is 4.57 Å². The molecule has 0 aliphatic heterocycles. The number of carboxylic acids is 1. The van der Waals surface area contributed by atoms with Crippen LogP contribution in [0.3, 0.4) is 0 Å². The first-order valence-electron chi connectivity index (χ1n) is 11.3. The van der Waals surface area contributed by atoms with Gasteiger partial charge in [0.2, 0.25) is 5.91 Å². The van der Waals surface area contributed by atoms with E-state index in [-0.39, 0.29) is 23.4 Å². The summed E-state index contributed by atoms with van der Waals surface area (Å²) in [7, 11) is 0. The number of nitrogens with two attached hydrogens (primary N) is 1. The summed E-state index contributed by atoms with van der Waals surface area (Å²) < 4.78 is 55.6. The first-order chi connectivity index (χ1) is 17.5. The summed E-state index contributed by atoms with van der Waals surface area (Å²) in [6.07, 6.45) is -3.53. The number of nitrogens with zero attached hydrogens (tertiary/aromatic N) is 1. The van der Waals surface area contributed by atoms with E-state index >= 15 is 0 Å². The highest BCUT2D eigenvalue weighted by atomic mass is 19.4. The van der Waals surface area contributed by atoms with E-state index in [2.05, 4.69) is 0 Å². The predicted octanol–water partition coefficient (Wildman–Crippen LogP) is 5.45. The average Bonchev–Trinajstić information content (AvgIpc) is 3.13. The van der Waals surface area contributed by atoms with E-state index in [0.717, 1.165) is 24.1 Å². The number of halogens is 4. The van der Waals surface area contributed by atoms with Crippen LogP contribution in [0.5, 0.6) is 5.75 Å². The second kappa shape index (κ2) is 10.1. The van der Waals surface area contributed by atoms with Crippen LogP contribution in [0.25, 0.3) is 21.8 Å². The highest BCUT2D eigenvalue weighted by Crippen LogP contribution is 2.40. The molecule has 0 saturated heterocycles. The Morgan fingerprint density at radius 3 is 2.43 bits per heavy atom. The van der Waals surface area contributed by atoms with Gasteiger partial charge in [-0.2, -0.15) is 18.1 Å². The van der Waals surface area contributed by atoms with Crippen molar-refractivity contribution in [1.29, 1.82) is 0 Å². The minimum Gasteiger partial charge on any atom is -0.479 e. The van der Waals surface area contributed by atoms with Gasteiger partial charge in [0.25, 0.3) is 0 Å². The Hall–Kier alpha value is -4.12. The van der Waals surface area contributed by atoms with Gasteiger partial charge in [-0.3, -0.25) is 4.79 Å². The van der Waals surface area contributed by atoms with Crippen LogP contribution in [0.1, 0.15) is 40.4 Å². The lowest BCUT2D eigenvalue weighted by atomic mass is 10.0. The second-order valence-electron chi connectivity index (χ2n) is 8.44. The van der Waals surface area contributed by atoms with Crippen molar-refractivity contribution in [3.63, 3.8) is 0 Å². The number of rotatable bonds is 9. The van der Waals surface area contributed by atoms with Crippen LogP contribution < -0.4 is 10.6 Å². The quantitative estimate of drug-likeness (QED) is 0.174. The number of carboxylic acid groups (broad SMARTS) is 1. The van der Waals surface area contributed by atoms with Crippen molar-refractivity contribution < 1.29 is 42.0 Å². The third kappa shape index (κ3) is 5.21. The van der Waals surface area contributed by atoms with Crippen LogP contribution in [-0.2, 0) is 28.8 Å². The lowest BCUT2D eigenvalue weighted by Crippen LogP contribution is -2.11. The van der Waals surface area contributed by atoms with Gasteiger partial charge in [-0.05, 0) is 53.9 Å². The van der Waals surface area contributed by atoms with Gasteiger partial charge in [0.1, 0.15) is 5.82 Å². The molecule has 11 heteroatoms. The molecule has 0 spiro atoms. The lowest BCUT2D eigenvalue weighted by molar-refractivity contribution is -0.212. The molecule has 0 atom stereocenters. The van der Waals surface area contributed by atoms with E-state index in [0.29, 0.717) is 28.2 Å². The summed E-state index contributed by atoms with van der Waals surface area (Å²) in [6.45, 7) is 1.09. The fourth-order valence-electron chi connectivity index (χ4n) is 4.37. The standard InChI is InChI=1S/C26H22F4N2O5/c1-2-4-14-10-20-24(21(11-14)37-36-13-22(33)34)23-16(25(31)35)5-3-6-19(23)32(20)12-15-7-8-18(27)17(9-15)26(28,29)30/h3,5-11H,2,4,12-13H2,1H3,(H2,31,35)(H,33,34). The second-order valence-corrected chi connectivity index (χ2v) is 8.44. The zero-order valence-corrected chi connectivity index (χ0v) is 19.6. The molecular weight excluding hydrogens is 496 g/mol. The summed E-state index contributed by atoms with van der Waals surface area (Å²) in [5.74, 6) is -3.28. The SMILES string of the molecule is CCCc1cc(OOCC(=O)O)c2c3c(C(N)=O)cccc3n(Cc3ccc(F)c(C(F)(F)F)c3)c2c1. The molecule has 1 amide bonds. The topological polar surface area (TPSA) is 104 Å². The van der Waals surface area contributed by atoms with Gasteiger partial charge >= 0.3 is 12.1 Å². The number of benzene rings is 3. The molecule has 1 aromatic heterocycles. The maximum atomic E-state index is 13.9. The van der Waals surface area contributed by atoms with Crippen molar-refractivity contribution in [3.05, 3.63) is 76.6 Å². The average molecular weight is 518 g/mol. The molecule has 0 aliphatic rings. The van der Waals surface area contributed by atoms with E-state index in [9.17, 15) is 27.2 Å². The van der Waals surface area contributed by atoms with Gasteiger partial charge in [0.15, 0.2) is 12.4 Å². The molecule has 3 N–H and O–H groups in total. The third-order valence-corrected chi connectivity index (χ3v) is 5.83. The molecule has 0 aliphatic carbocycles. The number of carbonyl (C=O) groups excluding carboxylic acids is 1. The number of amides is 1. The zero-order valence-electron chi connectivity index (χ0n) is 19.6. The number of hydrogen-bond donors (Lipinski definition) is 2. The monoisotopic (exact) mass is 518 g/mol. The molecule has 1 heterocycles. The number of alkyl halides is 3. The van der Waals surface area contributed by atoms with Crippen LogP contribution in [0, 0.1) is 5.82 Å². The minimum absolute atomic E-state index is 0.101. The largest absolute Gasteiger partial charge is 0.479 e. The van der Waals surface area contributed by atoms with Crippen LogP contribution in [-0.4, -0.2) is 28.2 Å². The normalized spacial score (nSPS) is 11.8. The third-order valence-electron chi connectivity index (χ3n) is 5.83. The Morgan fingerprint density at radius 1 is 1.03 bits per heavy atom. The summed E-state index contributed by atoms with van der Waals surface area (Å²) in [5.41, 5.74) is 6.26. The Balaban J connectivity index is 2.00. The molecule has 4 rings (SSSR count). The summed E-state index contributed by atoms with van der Waals surface area (Å²) in [6, 6.07) is 11.0. The van der Waals surface area contributed by atoms with E-state index in [1.54, 1.807) is 22.8 Å². The molecule has 4 aromatic rings. The van der Waals surface area contributed by atoms with Crippen LogP contribution in [0.4, 0.5) is 17.6 Å². The number of fused-ring (bicyclic) bond motifs is 3. The highest BCUT2D eigenvalue weighted by Gasteiger charge is 2.34. The van der Waals surface area contributed by atoms with Crippen molar-refractivity contribution in [2.75, 3.05) is 6.61 Å².